The van der Waals surface area contributed by atoms with Gasteiger partial charge in [0.15, 0.2) is 0 Å². The van der Waals surface area contributed by atoms with Gasteiger partial charge in [0.05, 0.1) is 6.10 Å². The van der Waals surface area contributed by atoms with Gasteiger partial charge in [-0.1, -0.05) is 42.5 Å². The lowest BCUT2D eigenvalue weighted by Gasteiger charge is -2.32. The minimum absolute atomic E-state index is 0.468. The lowest BCUT2D eigenvalue weighted by Crippen LogP contribution is -2.19. The number of fused-ring (bicyclic) bond motifs is 1. The van der Waals surface area contributed by atoms with Gasteiger partial charge in [0, 0.05) is 11.3 Å². The second-order valence-corrected chi connectivity index (χ2v) is 4.98. The van der Waals surface area contributed by atoms with Gasteiger partial charge in [-0.3, -0.25) is 0 Å². The fourth-order valence-electron chi connectivity index (χ4n) is 2.78. The SMILES string of the molecule is Nc1ccccc1C(O)CC1Cc2ccccc21. The molecule has 92 valence electrons. The van der Waals surface area contributed by atoms with Crippen LogP contribution >= 0.6 is 0 Å². The summed E-state index contributed by atoms with van der Waals surface area (Å²) < 4.78 is 0. The van der Waals surface area contributed by atoms with Crippen LogP contribution < -0.4 is 5.73 Å². The molecule has 0 radical (unpaired) electrons. The van der Waals surface area contributed by atoms with Crippen LogP contribution in [0.5, 0.6) is 0 Å². The Hall–Kier alpha value is -1.80. The van der Waals surface area contributed by atoms with Gasteiger partial charge in [-0.2, -0.15) is 0 Å². The molecule has 0 saturated carbocycles. The molecule has 0 aliphatic heterocycles. The maximum Gasteiger partial charge on any atom is 0.0815 e. The normalized spacial score (nSPS) is 18.8. The first-order chi connectivity index (χ1) is 8.75. The molecule has 2 nitrogen and oxygen atoms in total. The standard InChI is InChI=1S/C16H17NO/c17-15-8-4-3-7-14(15)16(18)10-12-9-11-5-1-2-6-13(11)12/h1-8,12,16,18H,9-10,17H2. The Kier molecular flexibility index (Phi) is 2.80. The third kappa shape index (κ3) is 1.89. The highest BCUT2D eigenvalue weighted by molar-refractivity contribution is 5.48. The molecule has 2 atom stereocenters. The topological polar surface area (TPSA) is 46.2 Å². The van der Waals surface area contributed by atoms with Crippen molar-refractivity contribution in [3.8, 4) is 0 Å². The predicted octanol–water partition coefficient (Wildman–Crippen LogP) is 3.03. The second-order valence-electron chi connectivity index (χ2n) is 4.98. The summed E-state index contributed by atoms with van der Waals surface area (Å²) in [6.07, 6.45) is 1.36. The van der Waals surface area contributed by atoms with Crippen molar-refractivity contribution in [2.75, 3.05) is 5.73 Å². The summed E-state index contributed by atoms with van der Waals surface area (Å²) in [5.41, 5.74) is 10.2. The molecule has 0 heterocycles. The molecule has 1 aliphatic carbocycles. The molecule has 3 N–H and O–H groups in total. The summed E-state index contributed by atoms with van der Waals surface area (Å²) in [6.45, 7) is 0. The Morgan fingerprint density at radius 3 is 2.61 bits per heavy atom. The number of nitrogen functional groups attached to an aromatic ring is 1. The van der Waals surface area contributed by atoms with Crippen molar-refractivity contribution in [2.24, 2.45) is 0 Å². The van der Waals surface area contributed by atoms with Gasteiger partial charge in [0.25, 0.3) is 0 Å². The van der Waals surface area contributed by atoms with Crippen molar-refractivity contribution >= 4 is 5.69 Å². The number of hydrogen-bond donors (Lipinski definition) is 2. The minimum atomic E-state index is -0.468. The van der Waals surface area contributed by atoms with Crippen LogP contribution in [0.2, 0.25) is 0 Å². The van der Waals surface area contributed by atoms with Gasteiger partial charge in [-0.15, -0.1) is 0 Å². The van der Waals surface area contributed by atoms with E-state index in [0.29, 0.717) is 11.6 Å². The zero-order chi connectivity index (χ0) is 12.5. The summed E-state index contributed by atoms with van der Waals surface area (Å²) >= 11 is 0. The summed E-state index contributed by atoms with van der Waals surface area (Å²) in [7, 11) is 0. The van der Waals surface area contributed by atoms with Crippen molar-refractivity contribution in [1.29, 1.82) is 0 Å². The van der Waals surface area contributed by atoms with Crippen LogP contribution in [-0.4, -0.2) is 5.11 Å². The molecule has 2 heteroatoms. The molecule has 0 saturated heterocycles. The summed E-state index contributed by atoms with van der Waals surface area (Å²) in [5.74, 6) is 0.468. The molecule has 0 bridgehead atoms. The monoisotopic (exact) mass is 239 g/mol. The number of aliphatic hydroxyl groups is 1. The fourth-order valence-corrected chi connectivity index (χ4v) is 2.78. The Morgan fingerprint density at radius 1 is 1.11 bits per heavy atom. The number of para-hydroxylation sites is 1. The van der Waals surface area contributed by atoms with Crippen LogP contribution in [0.4, 0.5) is 5.69 Å². The van der Waals surface area contributed by atoms with Crippen molar-refractivity contribution in [3.63, 3.8) is 0 Å². The quantitative estimate of drug-likeness (QED) is 0.809. The van der Waals surface area contributed by atoms with E-state index in [1.807, 2.05) is 24.3 Å². The maximum absolute atomic E-state index is 10.3. The molecule has 0 spiro atoms. The van der Waals surface area contributed by atoms with Crippen molar-refractivity contribution in [1.82, 2.24) is 0 Å². The fraction of sp³-hybridized carbons (Fsp3) is 0.250. The number of aliphatic hydroxyl groups excluding tert-OH is 1. The van der Waals surface area contributed by atoms with E-state index in [-0.39, 0.29) is 0 Å². The van der Waals surface area contributed by atoms with Crippen molar-refractivity contribution < 1.29 is 5.11 Å². The number of nitrogens with two attached hydrogens (primary N) is 1. The average molecular weight is 239 g/mol. The lowest BCUT2D eigenvalue weighted by molar-refractivity contribution is 0.154. The van der Waals surface area contributed by atoms with E-state index in [0.717, 1.165) is 18.4 Å². The number of anilines is 1. The van der Waals surface area contributed by atoms with E-state index in [2.05, 4.69) is 24.3 Å². The molecule has 2 aromatic carbocycles. The van der Waals surface area contributed by atoms with Gasteiger partial charge in [0.1, 0.15) is 0 Å². The smallest absolute Gasteiger partial charge is 0.0815 e. The van der Waals surface area contributed by atoms with E-state index < -0.39 is 6.10 Å². The molecule has 0 amide bonds. The third-order valence-electron chi connectivity index (χ3n) is 3.82. The molecule has 2 aromatic rings. The molecule has 0 aromatic heterocycles. The van der Waals surface area contributed by atoms with Crippen LogP contribution in [0.1, 0.15) is 35.1 Å². The van der Waals surface area contributed by atoms with E-state index in [1.54, 1.807) is 0 Å². The first kappa shape index (κ1) is 11.3. The van der Waals surface area contributed by atoms with Crippen LogP contribution in [0.3, 0.4) is 0 Å². The number of benzene rings is 2. The lowest BCUT2D eigenvalue weighted by atomic mass is 9.74. The summed E-state index contributed by atoms with van der Waals surface area (Å²) in [5, 5.41) is 10.3. The van der Waals surface area contributed by atoms with Gasteiger partial charge in [-0.25, -0.2) is 0 Å². The van der Waals surface area contributed by atoms with Gasteiger partial charge in [-0.05, 0) is 36.0 Å². The number of rotatable bonds is 3. The molecule has 1 aliphatic rings. The van der Waals surface area contributed by atoms with Gasteiger partial charge >= 0.3 is 0 Å². The molecule has 3 rings (SSSR count). The average Bonchev–Trinajstić information content (AvgIpc) is 2.36. The van der Waals surface area contributed by atoms with Gasteiger partial charge < -0.3 is 10.8 Å². The van der Waals surface area contributed by atoms with Crippen LogP contribution in [0, 0.1) is 0 Å². The zero-order valence-corrected chi connectivity index (χ0v) is 10.2. The number of hydrogen-bond acceptors (Lipinski definition) is 2. The van der Waals surface area contributed by atoms with E-state index in [9.17, 15) is 5.11 Å². The second kappa shape index (κ2) is 4.46. The Morgan fingerprint density at radius 2 is 1.83 bits per heavy atom. The first-order valence-electron chi connectivity index (χ1n) is 6.36. The van der Waals surface area contributed by atoms with Crippen molar-refractivity contribution in [2.45, 2.75) is 24.9 Å². The highest BCUT2D eigenvalue weighted by Gasteiger charge is 2.28. The molecule has 0 fully saturated rings. The first-order valence-corrected chi connectivity index (χ1v) is 6.36. The summed E-state index contributed by atoms with van der Waals surface area (Å²) in [6, 6.07) is 16.0. The highest BCUT2D eigenvalue weighted by atomic mass is 16.3. The van der Waals surface area contributed by atoms with E-state index in [1.165, 1.54) is 11.1 Å². The van der Waals surface area contributed by atoms with E-state index >= 15 is 0 Å². The highest BCUT2D eigenvalue weighted by Crippen LogP contribution is 2.41. The maximum atomic E-state index is 10.3. The summed E-state index contributed by atoms with van der Waals surface area (Å²) in [4.78, 5) is 0. The molecular weight excluding hydrogens is 222 g/mol. The Bertz CT molecular complexity index is 565. The molecule has 18 heavy (non-hydrogen) atoms. The van der Waals surface area contributed by atoms with E-state index in [4.69, 9.17) is 5.73 Å². The van der Waals surface area contributed by atoms with Crippen LogP contribution in [0.25, 0.3) is 0 Å². The van der Waals surface area contributed by atoms with Gasteiger partial charge in [0.2, 0.25) is 0 Å². The van der Waals surface area contributed by atoms with Crippen LogP contribution in [0.15, 0.2) is 48.5 Å². The largest absolute Gasteiger partial charge is 0.398 e. The zero-order valence-electron chi connectivity index (χ0n) is 10.2. The van der Waals surface area contributed by atoms with Crippen LogP contribution in [-0.2, 0) is 6.42 Å². The Balaban J connectivity index is 1.74. The Labute approximate surface area is 107 Å². The predicted molar refractivity (Wildman–Crippen MR) is 73.3 cm³/mol. The van der Waals surface area contributed by atoms with Crippen molar-refractivity contribution in [3.05, 3.63) is 65.2 Å². The minimum Gasteiger partial charge on any atom is -0.398 e. The third-order valence-corrected chi connectivity index (χ3v) is 3.82. The molecular formula is C16H17NO. The molecule has 2 unspecified atom stereocenters.